The van der Waals surface area contributed by atoms with E-state index >= 15 is 0 Å². The van der Waals surface area contributed by atoms with Gasteiger partial charge in [0.25, 0.3) is 0 Å². The Morgan fingerprint density at radius 3 is 2.78 bits per heavy atom. The third kappa shape index (κ3) is 5.45. The fourth-order valence-electron chi connectivity index (χ4n) is 2.55. The third-order valence-corrected chi connectivity index (χ3v) is 4.07. The summed E-state index contributed by atoms with van der Waals surface area (Å²) in [7, 11) is 1.97. The molecule has 142 valence electrons. The number of ether oxygens (including phenoxy) is 2. The summed E-state index contributed by atoms with van der Waals surface area (Å²) in [4.78, 5) is 6.54. The number of hydrogen-bond donors (Lipinski definition) is 0. The quantitative estimate of drug-likeness (QED) is 0.545. The molecule has 0 fully saturated rings. The van der Waals surface area contributed by atoms with Crippen molar-refractivity contribution in [3.63, 3.8) is 0 Å². The molecule has 6 nitrogen and oxygen atoms in total. The van der Waals surface area contributed by atoms with Gasteiger partial charge in [-0.15, -0.1) is 0 Å². The van der Waals surface area contributed by atoms with Crippen molar-refractivity contribution in [3.05, 3.63) is 59.4 Å². The van der Waals surface area contributed by atoms with Gasteiger partial charge >= 0.3 is 0 Å². The minimum absolute atomic E-state index is 0.526. The molecule has 27 heavy (non-hydrogen) atoms. The van der Waals surface area contributed by atoms with Crippen LogP contribution in [0, 0.1) is 0 Å². The van der Waals surface area contributed by atoms with E-state index in [4.69, 9.17) is 25.6 Å². The molecule has 0 N–H and O–H groups in total. The maximum Gasteiger partial charge on any atom is 0.241 e. The normalized spacial score (nSPS) is 11.0. The summed E-state index contributed by atoms with van der Waals surface area (Å²) in [6, 6.07) is 15.0. The van der Waals surface area contributed by atoms with Crippen LogP contribution < -0.4 is 9.47 Å². The maximum absolute atomic E-state index is 5.95. The second kappa shape index (κ2) is 9.39. The van der Waals surface area contributed by atoms with Crippen molar-refractivity contribution in [1.29, 1.82) is 0 Å². The van der Waals surface area contributed by atoms with Crippen LogP contribution >= 0.6 is 11.6 Å². The second-order valence-electron chi connectivity index (χ2n) is 5.98. The van der Waals surface area contributed by atoms with Gasteiger partial charge in [0, 0.05) is 11.6 Å². The van der Waals surface area contributed by atoms with Crippen molar-refractivity contribution >= 4 is 11.6 Å². The van der Waals surface area contributed by atoms with E-state index < -0.39 is 0 Å². The van der Waals surface area contributed by atoms with E-state index in [0.717, 1.165) is 17.1 Å². The summed E-state index contributed by atoms with van der Waals surface area (Å²) >= 11 is 5.95. The first kappa shape index (κ1) is 19.2. The summed E-state index contributed by atoms with van der Waals surface area (Å²) in [5, 5.41) is 4.74. The van der Waals surface area contributed by atoms with Crippen LogP contribution in [0.3, 0.4) is 0 Å². The predicted molar refractivity (Wildman–Crippen MR) is 104 cm³/mol. The molecule has 0 bridgehead atoms. The van der Waals surface area contributed by atoms with E-state index in [0.29, 0.717) is 43.0 Å². The van der Waals surface area contributed by atoms with Gasteiger partial charge in [0.2, 0.25) is 11.7 Å². The molecule has 0 aliphatic rings. The van der Waals surface area contributed by atoms with Crippen LogP contribution in [-0.4, -0.2) is 41.8 Å². The number of para-hydroxylation sites is 1. The maximum atomic E-state index is 5.95. The first-order valence-corrected chi connectivity index (χ1v) is 9.15. The first-order valence-electron chi connectivity index (χ1n) is 8.77. The van der Waals surface area contributed by atoms with E-state index in [2.05, 4.69) is 15.0 Å². The molecule has 0 aliphatic heterocycles. The van der Waals surface area contributed by atoms with Gasteiger partial charge in [0.1, 0.15) is 18.1 Å². The van der Waals surface area contributed by atoms with Gasteiger partial charge in [-0.3, -0.25) is 4.90 Å². The topological polar surface area (TPSA) is 60.6 Å². The van der Waals surface area contributed by atoms with Crippen LogP contribution in [0.5, 0.6) is 11.5 Å². The fourth-order valence-corrected chi connectivity index (χ4v) is 2.73. The molecule has 0 saturated heterocycles. The Kier molecular flexibility index (Phi) is 6.68. The molecule has 3 rings (SSSR count). The number of likely N-dealkylation sites (N-methyl/N-ethyl adjacent to an activating group) is 1. The van der Waals surface area contributed by atoms with Crippen molar-refractivity contribution in [2.75, 3.05) is 26.8 Å². The number of halogens is 1. The first-order chi connectivity index (χ1) is 13.2. The van der Waals surface area contributed by atoms with Gasteiger partial charge in [-0.2, -0.15) is 4.98 Å². The van der Waals surface area contributed by atoms with Crippen LogP contribution in [0.25, 0.3) is 11.4 Å². The molecule has 1 aromatic heterocycles. The molecule has 0 saturated carbocycles. The molecule has 0 spiro atoms. The highest BCUT2D eigenvalue weighted by Gasteiger charge is 2.14. The van der Waals surface area contributed by atoms with Crippen molar-refractivity contribution in [2.45, 2.75) is 13.5 Å². The molecular formula is C20H22ClN3O3. The Bertz CT molecular complexity index is 869. The standard InChI is InChI=1S/C20H22ClN3O3/c1-3-25-18-10-5-4-9-17(18)20-22-19(27-23-20)14-24(2)11-12-26-16-8-6-7-15(21)13-16/h4-10,13H,3,11-12,14H2,1-2H3. The van der Waals surface area contributed by atoms with Crippen molar-refractivity contribution in [3.8, 4) is 22.9 Å². The molecule has 0 amide bonds. The summed E-state index contributed by atoms with van der Waals surface area (Å²) in [6.45, 7) is 4.30. The van der Waals surface area contributed by atoms with Crippen LogP contribution in [-0.2, 0) is 6.54 Å². The molecule has 0 unspecified atom stereocenters. The smallest absolute Gasteiger partial charge is 0.241 e. The Morgan fingerprint density at radius 2 is 1.96 bits per heavy atom. The lowest BCUT2D eigenvalue weighted by Gasteiger charge is -2.14. The van der Waals surface area contributed by atoms with Gasteiger partial charge in [-0.05, 0) is 44.3 Å². The van der Waals surface area contributed by atoms with Crippen molar-refractivity contribution < 1.29 is 14.0 Å². The Morgan fingerprint density at radius 1 is 1.11 bits per heavy atom. The summed E-state index contributed by atoms with van der Waals surface area (Å²) in [6.07, 6.45) is 0. The van der Waals surface area contributed by atoms with Gasteiger partial charge in [-0.1, -0.05) is 35.0 Å². The van der Waals surface area contributed by atoms with Gasteiger partial charge < -0.3 is 14.0 Å². The zero-order valence-corrected chi connectivity index (χ0v) is 16.1. The highest BCUT2D eigenvalue weighted by atomic mass is 35.5. The molecule has 3 aromatic rings. The van der Waals surface area contributed by atoms with E-state index in [1.807, 2.05) is 56.4 Å². The highest BCUT2D eigenvalue weighted by Crippen LogP contribution is 2.27. The average molecular weight is 388 g/mol. The fraction of sp³-hybridized carbons (Fsp3) is 0.300. The summed E-state index contributed by atoms with van der Waals surface area (Å²) < 4.78 is 16.7. The lowest BCUT2D eigenvalue weighted by Crippen LogP contribution is -2.24. The zero-order valence-electron chi connectivity index (χ0n) is 15.4. The Labute approximate surface area is 163 Å². The minimum Gasteiger partial charge on any atom is -0.493 e. The number of aromatic nitrogens is 2. The number of rotatable bonds is 9. The highest BCUT2D eigenvalue weighted by molar-refractivity contribution is 6.30. The molecule has 7 heteroatoms. The van der Waals surface area contributed by atoms with E-state index in [1.165, 1.54) is 0 Å². The number of hydrogen-bond acceptors (Lipinski definition) is 6. The van der Waals surface area contributed by atoms with Crippen molar-refractivity contribution in [2.24, 2.45) is 0 Å². The van der Waals surface area contributed by atoms with E-state index in [9.17, 15) is 0 Å². The summed E-state index contributed by atoms with van der Waals surface area (Å²) in [5.74, 6) is 2.57. The molecule has 0 aliphatic carbocycles. The minimum atomic E-state index is 0.526. The average Bonchev–Trinajstić information content (AvgIpc) is 3.11. The molecule has 1 heterocycles. The number of nitrogens with zero attached hydrogens (tertiary/aromatic N) is 3. The van der Waals surface area contributed by atoms with Crippen LogP contribution in [0.1, 0.15) is 12.8 Å². The lowest BCUT2D eigenvalue weighted by atomic mass is 10.2. The third-order valence-electron chi connectivity index (χ3n) is 3.84. The van der Waals surface area contributed by atoms with Gasteiger partial charge in [0.15, 0.2) is 0 Å². The summed E-state index contributed by atoms with van der Waals surface area (Å²) in [5.41, 5.74) is 0.821. The van der Waals surface area contributed by atoms with Gasteiger partial charge in [-0.25, -0.2) is 0 Å². The van der Waals surface area contributed by atoms with Crippen LogP contribution in [0.4, 0.5) is 0 Å². The van der Waals surface area contributed by atoms with Crippen LogP contribution in [0.15, 0.2) is 53.1 Å². The van der Waals surface area contributed by atoms with E-state index in [1.54, 1.807) is 6.07 Å². The predicted octanol–water partition coefficient (Wildman–Crippen LogP) is 4.30. The largest absolute Gasteiger partial charge is 0.493 e. The molecule has 2 aromatic carbocycles. The Hall–Kier alpha value is -2.57. The molecule has 0 radical (unpaired) electrons. The molecular weight excluding hydrogens is 366 g/mol. The van der Waals surface area contributed by atoms with Gasteiger partial charge in [0.05, 0.1) is 18.7 Å². The second-order valence-corrected chi connectivity index (χ2v) is 6.42. The van der Waals surface area contributed by atoms with Crippen LogP contribution in [0.2, 0.25) is 5.02 Å². The van der Waals surface area contributed by atoms with E-state index in [-0.39, 0.29) is 0 Å². The number of benzene rings is 2. The lowest BCUT2D eigenvalue weighted by molar-refractivity contribution is 0.213. The van der Waals surface area contributed by atoms with Crippen molar-refractivity contribution in [1.82, 2.24) is 15.0 Å². The Balaban J connectivity index is 1.54. The monoisotopic (exact) mass is 387 g/mol. The zero-order chi connectivity index (χ0) is 19.1. The SMILES string of the molecule is CCOc1ccccc1-c1noc(CN(C)CCOc2cccc(Cl)c2)n1. The molecule has 0 atom stereocenters.